The highest BCUT2D eigenvalue weighted by molar-refractivity contribution is 6.30. The van der Waals surface area contributed by atoms with Crippen LogP contribution >= 0.6 is 11.6 Å². The molecule has 21 heavy (non-hydrogen) atoms. The quantitative estimate of drug-likeness (QED) is 0.353. The van der Waals surface area contributed by atoms with Crippen molar-refractivity contribution in [3.63, 3.8) is 0 Å². The normalized spacial score (nSPS) is 11.5. The molecule has 0 amide bonds. The molecule has 0 spiro atoms. The second-order valence-electron chi connectivity index (χ2n) is 4.70. The molecule has 0 N–H and O–H groups in total. The fourth-order valence-electron chi connectivity index (χ4n) is 2.16. The first-order valence-corrected chi connectivity index (χ1v) is 7.43. The summed E-state index contributed by atoms with van der Waals surface area (Å²) in [6.45, 7) is 6.20. The van der Waals surface area contributed by atoms with Crippen molar-refractivity contribution in [2.45, 2.75) is 13.8 Å². The summed E-state index contributed by atoms with van der Waals surface area (Å²) in [4.78, 5) is 2.26. The summed E-state index contributed by atoms with van der Waals surface area (Å²) in [6, 6.07) is 14.8. The number of benzene rings is 2. The lowest BCUT2D eigenvalue weighted by atomic mass is 10.2. The Labute approximate surface area is 130 Å². The van der Waals surface area contributed by atoms with E-state index in [4.69, 9.17) is 11.6 Å². The van der Waals surface area contributed by atoms with Crippen molar-refractivity contribution in [2.24, 2.45) is 0 Å². The van der Waals surface area contributed by atoms with Gasteiger partial charge < -0.3 is 10.1 Å². The number of halogens is 1. The largest absolute Gasteiger partial charge is 0.618 e. The number of hydrogen-bond donors (Lipinski definition) is 0. The Morgan fingerprint density at radius 1 is 1.00 bits per heavy atom. The molecule has 0 bridgehead atoms. The van der Waals surface area contributed by atoms with Gasteiger partial charge in [-0.25, -0.2) is 0 Å². The molecule has 0 radical (unpaired) electrons. The topological polar surface area (TPSA) is 29.3 Å². The lowest BCUT2D eigenvalue weighted by Gasteiger charge is -2.20. The van der Waals surface area contributed by atoms with Crippen molar-refractivity contribution in [3.05, 3.63) is 64.3 Å². The van der Waals surface area contributed by atoms with Gasteiger partial charge in [0.05, 0.1) is 0 Å². The fourth-order valence-corrected chi connectivity index (χ4v) is 2.28. The first kappa shape index (κ1) is 15.4. The summed E-state index contributed by atoms with van der Waals surface area (Å²) in [6.07, 6.45) is 1.56. The minimum absolute atomic E-state index is 0.562. The lowest BCUT2D eigenvalue weighted by Crippen LogP contribution is -2.21. The van der Waals surface area contributed by atoms with E-state index in [-0.39, 0.29) is 0 Å². The smallest absolute Gasteiger partial charge is 0.216 e. The molecule has 0 saturated carbocycles. The monoisotopic (exact) mass is 302 g/mol. The number of hydrogen-bond acceptors (Lipinski definition) is 2. The van der Waals surface area contributed by atoms with Crippen LogP contribution in [0.15, 0.2) is 48.5 Å². The van der Waals surface area contributed by atoms with E-state index in [0.29, 0.717) is 10.7 Å². The molecule has 110 valence electrons. The summed E-state index contributed by atoms with van der Waals surface area (Å²) in [5, 5.41) is 12.7. The molecular formula is C17H19ClN2O. The zero-order valence-corrected chi connectivity index (χ0v) is 13.0. The van der Waals surface area contributed by atoms with Gasteiger partial charge in [0, 0.05) is 41.5 Å². The van der Waals surface area contributed by atoms with Gasteiger partial charge in [-0.15, -0.1) is 0 Å². The van der Waals surface area contributed by atoms with Gasteiger partial charge in [-0.05, 0) is 50.2 Å². The molecule has 0 atom stereocenters. The molecule has 4 heteroatoms. The SMILES string of the molecule is CCN(CC)c1ccc(/C=[N+](/[O-])c2ccc(Cl)cc2)cc1. The molecule has 2 aromatic carbocycles. The van der Waals surface area contributed by atoms with E-state index >= 15 is 0 Å². The Morgan fingerprint density at radius 2 is 1.57 bits per heavy atom. The van der Waals surface area contributed by atoms with Crippen molar-refractivity contribution in [2.75, 3.05) is 18.0 Å². The van der Waals surface area contributed by atoms with E-state index in [2.05, 4.69) is 18.7 Å². The van der Waals surface area contributed by atoms with Gasteiger partial charge in [-0.2, -0.15) is 4.74 Å². The summed E-state index contributed by atoms with van der Waals surface area (Å²) < 4.78 is 0.850. The Kier molecular flexibility index (Phi) is 5.23. The minimum atomic E-state index is 0.562. The Balaban J connectivity index is 2.18. The zero-order chi connectivity index (χ0) is 15.2. The van der Waals surface area contributed by atoms with Crippen LogP contribution in [0.5, 0.6) is 0 Å². The highest BCUT2D eigenvalue weighted by Crippen LogP contribution is 2.17. The van der Waals surface area contributed by atoms with Gasteiger partial charge in [0.25, 0.3) is 0 Å². The Hall–Kier alpha value is -2.00. The molecule has 0 aliphatic carbocycles. The molecule has 3 nitrogen and oxygen atoms in total. The van der Waals surface area contributed by atoms with Crippen LogP contribution in [0.2, 0.25) is 5.02 Å². The van der Waals surface area contributed by atoms with Crippen LogP contribution in [0.25, 0.3) is 0 Å². The van der Waals surface area contributed by atoms with Gasteiger partial charge in [-0.3, -0.25) is 0 Å². The van der Waals surface area contributed by atoms with Crippen LogP contribution in [0.3, 0.4) is 0 Å². The molecule has 0 saturated heterocycles. The third-order valence-corrected chi connectivity index (χ3v) is 3.62. The van der Waals surface area contributed by atoms with E-state index in [9.17, 15) is 5.21 Å². The maximum Gasteiger partial charge on any atom is 0.216 e. The summed E-state index contributed by atoms with van der Waals surface area (Å²) in [7, 11) is 0. The highest BCUT2D eigenvalue weighted by atomic mass is 35.5. The lowest BCUT2D eigenvalue weighted by molar-refractivity contribution is -0.354. The van der Waals surface area contributed by atoms with Gasteiger partial charge in [-0.1, -0.05) is 11.6 Å². The van der Waals surface area contributed by atoms with E-state index in [0.717, 1.165) is 23.4 Å². The maximum absolute atomic E-state index is 12.1. The number of anilines is 1. The van der Waals surface area contributed by atoms with Crippen LogP contribution in [-0.2, 0) is 0 Å². The van der Waals surface area contributed by atoms with Gasteiger partial charge in [0.15, 0.2) is 6.21 Å². The Morgan fingerprint density at radius 3 is 2.10 bits per heavy atom. The van der Waals surface area contributed by atoms with Crippen LogP contribution in [0, 0.1) is 5.21 Å². The van der Waals surface area contributed by atoms with Crippen molar-refractivity contribution < 1.29 is 4.74 Å². The van der Waals surface area contributed by atoms with Gasteiger partial charge >= 0.3 is 0 Å². The summed E-state index contributed by atoms with van der Waals surface area (Å²) in [5.74, 6) is 0. The van der Waals surface area contributed by atoms with Crippen molar-refractivity contribution >= 4 is 29.2 Å². The van der Waals surface area contributed by atoms with Crippen LogP contribution in [0.4, 0.5) is 11.4 Å². The van der Waals surface area contributed by atoms with Crippen LogP contribution in [0.1, 0.15) is 19.4 Å². The molecule has 0 unspecified atom stereocenters. The Bertz CT molecular complexity index is 602. The third-order valence-electron chi connectivity index (χ3n) is 3.37. The van der Waals surface area contributed by atoms with E-state index in [1.807, 2.05) is 24.3 Å². The fraction of sp³-hybridized carbons (Fsp3) is 0.235. The first-order valence-electron chi connectivity index (χ1n) is 7.06. The molecular weight excluding hydrogens is 284 g/mol. The molecule has 0 aromatic heterocycles. The second-order valence-corrected chi connectivity index (χ2v) is 5.13. The summed E-state index contributed by atoms with van der Waals surface area (Å²) in [5.41, 5.74) is 2.60. The van der Waals surface area contributed by atoms with Crippen molar-refractivity contribution in [1.82, 2.24) is 0 Å². The van der Waals surface area contributed by atoms with Crippen LogP contribution < -0.4 is 4.90 Å². The second kappa shape index (κ2) is 7.14. The first-order chi connectivity index (χ1) is 10.1. The zero-order valence-electron chi connectivity index (χ0n) is 12.3. The summed E-state index contributed by atoms with van der Waals surface area (Å²) >= 11 is 5.82. The van der Waals surface area contributed by atoms with E-state index in [1.165, 1.54) is 5.69 Å². The third kappa shape index (κ3) is 3.99. The molecule has 0 heterocycles. The highest BCUT2D eigenvalue weighted by Gasteiger charge is 2.04. The molecule has 2 rings (SSSR count). The predicted octanol–water partition coefficient (Wildman–Crippen LogP) is 4.45. The molecule has 2 aromatic rings. The maximum atomic E-state index is 12.1. The predicted molar refractivity (Wildman–Crippen MR) is 89.9 cm³/mol. The molecule has 0 fully saturated rings. The molecule has 0 aliphatic rings. The van der Waals surface area contributed by atoms with Crippen molar-refractivity contribution in [3.8, 4) is 0 Å². The minimum Gasteiger partial charge on any atom is -0.618 e. The number of nitrogens with zero attached hydrogens (tertiary/aromatic N) is 2. The van der Waals surface area contributed by atoms with Gasteiger partial charge in [0.2, 0.25) is 5.69 Å². The van der Waals surface area contributed by atoms with E-state index < -0.39 is 0 Å². The standard InChI is InChI=1S/C17H19ClN2O/c1-3-19(4-2)16-9-5-14(6-10-16)13-20(21)17-11-7-15(18)8-12-17/h5-13H,3-4H2,1-2H3/b20-13+. The van der Waals surface area contributed by atoms with Crippen LogP contribution in [-0.4, -0.2) is 24.0 Å². The van der Waals surface area contributed by atoms with Gasteiger partial charge in [0.1, 0.15) is 0 Å². The number of rotatable bonds is 5. The van der Waals surface area contributed by atoms with Crippen molar-refractivity contribution in [1.29, 1.82) is 0 Å². The van der Waals surface area contributed by atoms with E-state index in [1.54, 1.807) is 30.5 Å². The average Bonchev–Trinajstić information content (AvgIpc) is 2.51. The molecule has 0 aliphatic heterocycles. The average molecular weight is 303 g/mol.